The molecule has 148 valence electrons. The third-order valence-corrected chi connectivity index (χ3v) is 5.48. The molecule has 0 spiro atoms. The Balaban J connectivity index is 1.77. The normalized spacial score (nSPS) is 10.4. The molecule has 0 unspecified atom stereocenters. The van der Waals surface area contributed by atoms with Crippen LogP contribution in [0.15, 0.2) is 28.8 Å². The van der Waals surface area contributed by atoms with Crippen molar-refractivity contribution in [2.75, 3.05) is 5.32 Å². The van der Waals surface area contributed by atoms with Crippen molar-refractivity contribution in [1.82, 2.24) is 5.16 Å². The molecule has 0 fully saturated rings. The number of nitrogens with one attached hydrogen (secondary N) is 1. The number of carbonyl (C=O) groups is 1. The Bertz CT molecular complexity index is 1120. The lowest BCUT2D eigenvalue weighted by atomic mass is 10.1. The Morgan fingerprint density at radius 3 is 2.66 bits per heavy atom. The lowest BCUT2D eigenvalue weighted by Crippen LogP contribution is -2.15. The summed E-state index contributed by atoms with van der Waals surface area (Å²) in [7, 11) is 0. The van der Waals surface area contributed by atoms with Gasteiger partial charge in [-0.05, 0) is 38.5 Å². The number of nitriles is 1. The lowest BCUT2D eigenvalue weighted by molar-refractivity contribution is -0.384. The first kappa shape index (κ1) is 20.0. The summed E-state index contributed by atoms with van der Waals surface area (Å²) in [5.74, 6) is 0.303. The molecule has 2 aromatic heterocycles. The second kappa shape index (κ2) is 8.12. The van der Waals surface area contributed by atoms with Crippen molar-refractivity contribution >= 4 is 27.9 Å². The quantitative estimate of drug-likeness (QED) is 0.472. The summed E-state index contributed by atoms with van der Waals surface area (Å²) < 4.78 is 10.8. The number of nitro benzene ring substituents is 1. The summed E-state index contributed by atoms with van der Waals surface area (Å²) in [5.41, 5.74) is 1.70. The summed E-state index contributed by atoms with van der Waals surface area (Å²) >= 11 is 1.32. The number of thiophene rings is 1. The van der Waals surface area contributed by atoms with Gasteiger partial charge in [0.1, 0.15) is 29.2 Å². The van der Waals surface area contributed by atoms with Gasteiger partial charge in [0.05, 0.1) is 16.1 Å². The number of aryl methyl sites for hydroxylation is 2. The molecule has 1 amide bonds. The molecule has 0 aliphatic carbocycles. The van der Waals surface area contributed by atoms with Crippen molar-refractivity contribution in [2.24, 2.45) is 0 Å². The third kappa shape index (κ3) is 4.09. The number of hydrogen-bond donors (Lipinski definition) is 1. The van der Waals surface area contributed by atoms with Crippen molar-refractivity contribution in [3.8, 4) is 11.8 Å². The van der Waals surface area contributed by atoms with Crippen molar-refractivity contribution < 1.29 is 19.0 Å². The highest BCUT2D eigenvalue weighted by molar-refractivity contribution is 7.16. The number of anilines is 1. The zero-order valence-electron chi connectivity index (χ0n) is 15.8. The fourth-order valence-electron chi connectivity index (χ4n) is 2.57. The molecule has 3 rings (SSSR count). The van der Waals surface area contributed by atoms with Crippen LogP contribution in [-0.2, 0) is 6.61 Å². The number of amides is 1. The zero-order valence-corrected chi connectivity index (χ0v) is 16.6. The van der Waals surface area contributed by atoms with Crippen LogP contribution < -0.4 is 10.1 Å². The molecule has 9 nitrogen and oxygen atoms in total. The maximum Gasteiger partial charge on any atom is 0.278 e. The number of carbonyl (C=O) groups excluding carboxylic acids is 1. The number of rotatable bonds is 6. The molecular formula is C19H16N4O5S. The minimum Gasteiger partial charge on any atom is -0.489 e. The van der Waals surface area contributed by atoms with Gasteiger partial charge in [0.2, 0.25) is 0 Å². The van der Waals surface area contributed by atoms with Crippen LogP contribution in [0.2, 0.25) is 0 Å². The van der Waals surface area contributed by atoms with E-state index in [1.54, 1.807) is 6.92 Å². The molecule has 0 atom stereocenters. The second-order valence-electron chi connectivity index (χ2n) is 6.16. The van der Waals surface area contributed by atoms with E-state index in [1.807, 2.05) is 13.8 Å². The molecular weight excluding hydrogens is 396 g/mol. The average Bonchev–Trinajstić information content (AvgIpc) is 3.19. The molecule has 10 heteroatoms. The first-order chi connectivity index (χ1) is 13.8. The summed E-state index contributed by atoms with van der Waals surface area (Å²) in [6, 6.07) is 7.69. The molecule has 0 radical (unpaired) electrons. The second-order valence-corrected chi connectivity index (χ2v) is 7.38. The minimum absolute atomic E-state index is 0.0104. The number of ether oxygens (including phenoxy) is 1. The smallest absolute Gasteiger partial charge is 0.278 e. The van der Waals surface area contributed by atoms with E-state index in [4.69, 9.17) is 9.26 Å². The summed E-state index contributed by atoms with van der Waals surface area (Å²) in [6.45, 7) is 5.34. The van der Waals surface area contributed by atoms with Crippen LogP contribution >= 0.6 is 11.3 Å². The molecule has 2 heterocycles. The van der Waals surface area contributed by atoms with Crippen LogP contribution in [-0.4, -0.2) is 16.0 Å². The van der Waals surface area contributed by atoms with Gasteiger partial charge in [-0.3, -0.25) is 14.9 Å². The maximum absolute atomic E-state index is 12.7. The number of hydrogen-bond acceptors (Lipinski definition) is 8. The molecule has 0 saturated heterocycles. The molecule has 29 heavy (non-hydrogen) atoms. The topological polar surface area (TPSA) is 131 Å². The zero-order chi connectivity index (χ0) is 21.1. The average molecular weight is 412 g/mol. The van der Waals surface area contributed by atoms with E-state index in [2.05, 4.69) is 16.5 Å². The van der Waals surface area contributed by atoms with Gasteiger partial charge < -0.3 is 14.6 Å². The predicted octanol–water partition coefficient (Wildman–Crippen LogP) is 4.27. The number of non-ortho nitro benzene ring substituents is 1. The number of nitrogens with zero attached hydrogens (tertiary/aromatic N) is 3. The minimum atomic E-state index is -0.512. The highest BCUT2D eigenvalue weighted by Gasteiger charge is 2.23. The molecule has 1 N–H and O–H groups in total. The first-order valence-corrected chi connectivity index (χ1v) is 9.27. The van der Waals surface area contributed by atoms with Crippen LogP contribution in [0.25, 0.3) is 0 Å². The SMILES string of the molecule is Cc1onc(C(=O)Nc2sc(C)c(C)c2C#N)c1COc1ccc([N+](=O)[O-])cc1. The van der Waals surface area contributed by atoms with Gasteiger partial charge in [0.25, 0.3) is 11.6 Å². The van der Waals surface area contributed by atoms with E-state index >= 15 is 0 Å². The monoisotopic (exact) mass is 412 g/mol. The molecule has 0 aliphatic heterocycles. The maximum atomic E-state index is 12.7. The van der Waals surface area contributed by atoms with E-state index in [0.717, 1.165) is 10.4 Å². The van der Waals surface area contributed by atoms with Crippen LogP contribution in [0.5, 0.6) is 5.75 Å². The predicted molar refractivity (Wildman–Crippen MR) is 105 cm³/mol. The van der Waals surface area contributed by atoms with Gasteiger partial charge in [-0.2, -0.15) is 5.26 Å². The fraction of sp³-hybridized carbons (Fsp3) is 0.211. The Hall–Kier alpha value is -3.71. The van der Waals surface area contributed by atoms with E-state index in [1.165, 1.54) is 35.6 Å². The Labute approximate surface area is 169 Å². The summed E-state index contributed by atoms with van der Waals surface area (Å²) in [5, 5.41) is 27.0. The molecule has 3 aromatic rings. The number of benzene rings is 1. The fourth-order valence-corrected chi connectivity index (χ4v) is 3.58. The lowest BCUT2D eigenvalue weighted by Gasteiger charge is -2.07. The largest absolute Gasteiger partial charge is 0.489 e. The van der Waals surface area contributed by atoms with Crippen molar-refractivity contribution in [3.63, 3.8) is 0 Å². The number of nitro groups is 1. The van der Waals surface area contributed by atoms with Crippen LogP contribution in [0.1, 0.15) is 37.8 Å². The molecule has 0 saturated carbocycles. The third-order valence-electron chi connectivity index (χ3n) is 4.35. The molecule has 0 bridgehead atoms. The van der Waals surface area contributed by atoms with E-state index < -0.39 is 10.8 Å². The van der Waals surface area contributed by atoms with Crippen molar-refractivity contribution in [2.45, 2.75) is 27.4 Å². The Morgan fingerprint density at radius 1 is 1.34 bits per heavy atom. The van der Waals surface area contributed by atoms with E-state index in [-0.39, 0.29) is 18.0 Å². The Morgan fingerprint density at radius 2 is 2.03 bits per heavy atom. The van der Waals surface area contributed by atoms with Gasteiger partial charge in [-0.1, -0.05) is 5.16 Å². The van der Waals surface area contributed by atoms with Crippen molar-refractivity contribution in [3.05, 3.63) is 67.4 Å². The van der Waals surface area contributed by atoms with Gasteiger partial charge in [-0.25, -0.2) is 0 Å². The van der Waals surface area contributed by atoms with Gasteiger partial charge in [0, 0.05) is 17.0 Å². The van der Waals surface area contributed by atoms with Crippen LogP contribution in [0, 0.1) is 42.2 Å². The van der Waals surface area contributed by atoms with E-state index in [9.17, 15) is 20.2 Å². The first-order valence-electron chi connectivity index (χ1n) is 8.45. The van der Waals surface area contributed by atoms with Gasteiger partial charge >= 0.3 is 0 Å². The summed E-state index contributed by atoms with van der Waals surface area (Å²) in [4.78, 5) is 23.9. The van der Waals surface area contributed by atoms with Gasteiger partial charge in [-0.15, -0.1) is 11.3 Å². The van der Waals surface area contributed by atoms with Gasteiger partial charge in [0.15, 0.2) is 5.69 Å². The number of aromatic nitrogens is 1. The highest BCUT2D eigenvalue weighted by atomic mass is 32.1. The summed E-state index contributed by atoms with van der Waals surface area (Å²) in [6.07, 6.45) is 0. The Kier molecular flexibility index (Phi) is 5.61. The standard InChI is InChI=1S/C19H16N4O5S/c1-10-12(3)29-19(15(10)8-20)21-18(24)17-16(11(2)28-22-17)9-27-14-6-4-13(5-7-14)23(25)26/h4-7H,9H2,1-3H3,(H,21,24). The van der Waals surface area contributed by atoms with Crippen LogP contribution in [0.3, 0.4) is 0 Å². The molecule has 0 aliphatic rings. The van der Waals surface area contributed by atoms with Crippen molar-refractivity contribution in [1.29, 1.82) is 5.26 Å². The van der Waals surface area contributed by atoms with Crippen LogP contribution in [0.4, 0.5) is 10.7 Å². The highest BCUT2D eigenvalue weighted by Crippen LogP contribution is 2.32. The molecule has 1 aromatic carbocycles. The van der Waals surface area contributed by atoms with E-state index in [0.29, 0.717) is 27.6 Å².